The highest BCUT2D eigenvalue weighted by Gasteiger charge is 2.42. The summed E-state index contributed by atoms with van der Waals surface area (Å²) in [6.45, 7) is 5.44. The van der Waals surface area contributed by atoms with Gasteiger partial charge < -0.3 is 10.4 Å². The lowest BCUT2D eigenvalue weighted by Gasteiger charge is -2.33. The van der Waals surface area contributed by atoms with E-state index in [0.29, 0.717) is 6.04 Å². The van der Waals surface area contributed by atoms with Gasteiger partial charge in [-0.25, -0.2) is 0 Å². The number of aliphatic hydroxyl groups is 1. The standard InChI is InChI=1S/C16H31N3O/c1-17-16(13-20)7-5-14(11-16)19-10-6-15(12-19)18-8-3-2-4-9-18/h14-15,17,20H,2-13H2,1H3. The van der Waals surface area contributed by atoms with Crippen LogP contribution in [-0.4, -0.2) is 72.4 Å². The van der Waals surface area contributed by atoms with E-state index in [1.165, 1.54) is 58.3 Å². The highest BCUT2D eigenvalue weighted by molar-refractivity contribution is 5.00. The Labute approximate surface area is 123 Å². The van der Waals surface area contributed by atoms with Crippen molar-refractivity contribution < 1.29 is 5.11 Å². The summed E-state index contributed by atoms with van der Waals surface area (Å²) in [6.07, 6.45) is 9.05. The van der Waals surface area contributed by atoms with Crippen molar-refractivity contribution in [3.63, 3.8) is 0 Å². The van der Waals surface area contributed by atoms with Gasteiger partial charge in [-0.05, 0) is 58.7 Å². The first-order valence-electron chi connectivity index (χ1n) is 8.54. The Morgan fingerprint density at radius 2 is 1.85 bits per heavy atom. The topological polar surface area (TPSA) is 38.7 Å². The molecule has 3 rings (SSSR count). The second-order valence-electron chi connectivity index (χ2n) is 7.12. The summed E-state index contributed by atoms with van der Waals surface area (Å²) in [4.78, 5) is 5.43. The van der Waals surface area contributed by atoms with E-state index >= 15 is 0 Å². The molecular formula is C16H31N3O. The molecule has 20 heavy (non-hydrogen) atoms. The zero-order valence-electron chi connectivity index (χ0n) is 13.0. The third-order valence-corrected chi connectivity index (χ3v) is 6.03. The highest BCUT2D eigenvalue weighted by atomic mass is 16.3. The molecule has 2 saturated heterocycles. The Hall–Kier alpha value is -0.160. The Bertz CT molecular complexity index is 313. The molecule has 4 heteroatoms. The lowest BCUT2D eigenvalue weighted by molar-refractivity contribution is 0.140. The van der Waals surface area contributed by atoms with Crippen LogP contribution in [0.25, 0.3) is 0 Å². The number of likely N-dealkylation sites (N-methyl/N-ethyl adjacent to an activating group) is 1. The van der Waals surface area contributed by atoms with Crippen molar-refractivity contribution in [2.75, 3.05) is 39.8 Å². The molecule has 4 nitrogen and oxygen atoms in total. The van der Waals surface area contributed by atoms with Crippen LogP contribution in [0.15, 0.2) is 0 Å². The monoisotopic (exact) mass is 281 g/mol. The van der Waals surface area contributed by atoms with Crippen LogP contribution in [0.3, 0.4) is 0 Å². The van der Waals surface area contributed by atoms with Crippen LogP contribution in [0.1, 0.15) is 44.9 Å². The van der Waals surface area contributed by atoms with Crippen molar-refractivity contribution >= 4 is 0 Å². The maximum Gasteiger partial charge on any atom is 0.0613 e. The molecule has 0 radical (unpaired) electrons. The second kappa shape index (κ2) is 6.30. The van der Waals surface area contributed by atoms with Crippen LogP contribution in [0.4, 0.5) is 0 Å². The van der Waals surface area contributed by atoms with Crippen molar-refractivity contribution in [2.45, 2.75) is 62.6 Å². The zero-order chi connectivity index (χ0) is 14.0. The fraction of sp³-hybridized carbons (Fsp3) is 1.00. The molecule has 0 aromatic rings. The first-order chi connectivity index (χ1) is 9.76. The van der Waals surface area contributed by atoms with E-state index in [4.69, 9.17) is 0 Å². The first kappa shape index (κ1) is 14.8. The minimum absolute atomic E-state index is 0.00607. The van der Waals surface area contributed by atoms with E-state index in [-0.39, 0.29) is 12.1 Å². The molecule has 1 aliphatic carbocycles. The van der Waals surface area contributed by atoms with Gasteiger partial charge in [0.2, 0.25) is 0 Å². The van der Waals surface area contributed by atoms with Crippen LogP contribution < -0.4 is 5.32 Å². The summed E-state index contributed by atoms with van der Waals surface area (Å²) in [7, 11) is 2.00. The third kappa shape index (κ3) is 2.89. The molecule has 2 heterocycles. The average molecular weight is 281 g/mol. The van der Waals surface area contributed by atoms with Crippen LogP contribution in [-0.2, 0) is 0 Å². The van der Waals surface area contributed by atoms with Crippen LogP contribution in [0, 0.1) is 0 Å². The van der Waals surface area contributed by atoms with Gasteiger partial charge in [0.05, 0.1) is 6.61 Å². The fourth-order valence-electron chi connectivity index (χ4n) is 4.54. The molecule has 3 atom stereocenters. The van der Waals surface area contributed by atoms with Gasteiger partial charge in [0, 0.05) is 30.7 Å². The van der Waals surface area contributed by atoms with E-state index in [1.807, 2.05) is 7.05 Å². The lowest BCUT2D eigenvalue weighted by Crippen LogP contribution is -2.46. The van der Waals surface area contributed by atoms with Crippen molar-refractivity contribution in [2.24, 2.45) is 0 Å². The lowest BCUT2D eigenvalue weighted by atomic mass is 9.99. The number of hydrogen-bond acceptors (Lipinski definition) is 4. The van der Waals surface area contributed by atoms with Gasteiger partial charge >= 0.3 is 0 Å². The van der Waals surface area contributed by atoms with E-state index in [1.54, 1.807) is 0 Å². The SMILES string of the molecule is CNC1(CO)CCC(N2CCC(N3CCCCC3)C2)C1. The van der Waals surface area contributed by atoms with Crippen molar-refractivity contribution in [3.05, 3.63) is 0 Å². The van der Waals surface area contributed by atoms with Crippen molar-refractivity contribution in [1.82, 2.24) is 15.1 Å². The maximum absolute atomic E-state index is 9.64. The molecule has 3 unspecified atom stereocenters. The predicted octanol–water partition coefficient (Wildman–Crippen LogP) is 1.05. The van der Waals surface area contributed by atoms with Crippen LogP contribution >= 0.6 is 0 Å². The Morgan fingerprint density at radius 1 is 1.05 bits per heavy atom. The molecule has 0 spiro atoms. The maximum atomic E-state index is 9.64. The van der Waals surface area contributed by atoms with Gasteiger partial charge in [-0.15, -0.1) is 0 Å². The largest absolute Gasteiger partial charge is 0.394 e. The molecule has 3 aliphatic rings. The number of likely N-dealkylation sites (tertiary alicyclic amines) is 2. The molecule has 2 N–H and O–H groups in total. The molecule has 0 aromatic heterocycles. The van der Waals surface area contributed by atoms with Gasteiger partial charge in [0.1, 0.15) is 0 Å². The quantitative estimate of drug-likeness (QED) is 0.808. The molecule has 116 valence electrons. The Kier molecular flexibility index (Phi) is 4.65. The summed E-state index contributed by atoms with van der Waals surface area (Å²) in [5.41, 5.74) is -0.00607. The van der Waals surface area contributed by atoms with E-state index in [2.05, 4.69) is 15.1 Å². The van der Waals surface area contributed by atoms with Gasteiger partial charge in [-0.1, -0.05) is 6.42 Å². The van der Waals surface area contributed by atoms with Gasteiger partial charge in [-0.3, -0.25) is 9.80 Å². The summed E-state index contributed by atoms with van der Waals surface area (Å²) < 4.78 is 0. The van der Waals surface area contributed by atoms with Gasteiger partial charge in [0.25, 0.3) is 0 Å². The Balaban J connectivity index is 1.52. The number of aliphatic hydroxyl groups excluding tert-OH is 1. The Morgan fingerprint density at radius 3 is 2.50 bits per heavy atom. The molecule has 0 bridgehead atoms. The fourth-order valence-corrected chi connectivity index (χ4v) is 4.54. The predicted molar refractivity (Wildman–Crippen MR) is 81.9 cm³/mol. The van der Waals surface area contributed by atoms with E-state index in [9.17, 15) is 5.11 Å². The number of hydrogen-bond donors (Lipinski definition) is 2. The molecule has 1 saturated carbocycles. The molecule has 0 amide bonds. The van der Waals surface area contributed by atoms with Crippen molar-refractivity contribution in [3.8, 4) is 0 Å². The highest BCUT2D eigenvalue weighted by Crippen LogP contribution is 2.35. The second-order valence-corrected chi connectivity index (χ2v) is 7.12. The normalized spacial score (nSPS) is 40.5. The number of rotatable bonds is 4. The van der Waals surface area contributed by atoms with Crippen LogP contribution in [0.5, 0.6) is 0 Å². The zero-order valence-corrected chi connectivity index (χ0v) is 13.0. The average Bonchev–Trinajstić information content (AvgIpc) is 3.15. The summed E-state index contributed by atoms with van der Waals surface area (Å²) in [5.74, 6) is 0. The van der Waals surface area contributed by atoms with Gasteiger partial charge in [0.15, 0.2) is 0 Å². The molecular weight excluding hydrogens is 250 g/mol. The van der Waals surface area contributed by atoms with Crippen molar-refractivity contribution in [1.29, 1.82) is 0 Å². The summed E-state index contributed by atoms with van der Waals surface area (Å²) in [6, 6.07) is 1.48. The minimum atomic E-state index is -0.00607. The number of piperidine rings is 1. The van der Waals surface area contributed by atoms with Crippen LogP contribution in [0.2, 0.25) is 0 Å². The number of nitrogens with zero attached hydrogens (tertiary/aromatic N) is 2. The third-order valence-electron chi connectivity index (χ3n) is 6.03. The minimum Gasteiger partial charge on any atom is -0.394 e. The summed E-state index contributed by atoms with van der Waals surface area (Å²) in [5, 5.41) is 13.0. The molecule has 3 fully saturated rings. The van der Waals surface area contributed by atoms with Gasteiger partial charge in [-0.2, -0.15) is 0 Å². The first-order valence-corrected chi connectivity index (χ1v) is 8.54. The molecule has 0 aromatic carbocycles. The van der Waals surface area contributed by atoms with E-state index < -0.39 is 0 Å². The van der Waals surface area contributed by atoms with E-state index in [0.717, 1.165) is 18.9 Å². The smallest absolute Gasteiger partial charge is 0.0613 e. The number of nitrogens with one attached hydrogen (secondary N) is 1. The summed E-state index contributed by atoms with van der Waals surface area (Å²) >= 11 is 0. The molecule has 2 aliphatic heterocycles.